The number of carbonyl (C=O) groups excluding carboxylic acids is 1. The summed E-state index contributed by atoms with van der Waals surface area (Å²) in [6.45, 7) is 3.75. The summed E-state index contributed by atoms with van der Waals surface area (Å²) in [5.74, 6) is -0.411. The molecule has 0 aliphatic heterocycles. The molecule has 0 heterocycles. The van der Waals surface area contributed by atoms with Crippen molar-refractivity contribution < 1.29 is 28.9 Å². The number of carbonyl (C=O) groups is 1. The number of nitrogens with one attached hydrogen (secondary N) is 1. The summed E-state index contributed by atoms with van der Waals surface area (Å²) < 4.78 is 1.54. The molecule has 0 fully saturated rings. The number of anilines is 1. The molecular formula is C18H26N5O5+. The molecule has 152 valence electrons. The molecule has 1 aromatic carbocycles. The van der Waals surface area contributed by atoms with Crippen molar-refractivity contribution >= 4 is 34.9 Å². The fourth-order valence-electron chi connectivity index (χ4n) is 2.11. The van der Waals surface area contributed by atoms with Crippen LogP contribution in [0.5, 0.6) is 0 Å². The van der Waals surface area contributed by atoms with Crippen LogP contribution < -0.4 is 5.32 Å². The third-order valence-corrected chi connectivity index (χ3v) is 3.53. The van der Waals surface area contributed by atoms with Gasteiger partial charge in [0.25, 0.3) is 11.6 Å². The van der Waals surface area contributed by atoms with Crippen molar-refractivity contribution in [3.8, 4) is 0 Å². The van der Waals surface area contributed by atoms with Crippen molar-refractivity contribution in [2.75, 3.05) is 33.7 Å². The van der Waals surface area contributed by atoms with Crippen molar-refractivity contribution in [3.05, 3.63) is 29.8 Å². The predicted octanol–water partition coefficient (Wildman–Crippen LogP) is 1.82. The molecule has 0 bridgehead atoms. The lowest BCUT2D eigenvalue weighted by atomic mass is 10.2. The van der Waals surface area contributed by atoms with Gasteiger partial charge in [0.1, 0.15) is 33.3 Å². The number of rotatable bonds is 10. The fourth-order valence-corrected chi connectivity index (χ4v) is 2.11. The van der Waals surface area contributed by atoms with E-state index in [9.17, 15) is 4.79 Å². The van der Waals surface area contributed by atoms with Gasteiger partial charge in [-0.25, -0.2) is 0 Å². The normalized spacial score (nSPS) is 13.1. The average molecular weight is 392 g/mol. The summed E-state index contributed by atoms with van der Waals surface area (Å²) in [5.41, 5.74) is 3.04. The minimum absolute atomic E-state index is 0.201. The summed E-state index contributed by atoms with van der Waals surface area (Å²) in [7, 11) is 5.99. The van der Waals surface area contributed by atoms with Gasteiger partial charge in [-0.2, -0.15) is 0 Å². The van der Waals surface area contributed by atoms with Gasteiger partial charge in [0.15, 0.2) is 19.4 Å². The van der Waals surface area contributed by atoms with Crippen LogP contribution in [0.25, 0.3) is 0 Å². The molecular weight excluding hydrogens is 366 g/mol. The number of para-hydroxylation sites is 1. The zero-order chi connectivity index (χ0) is 20.9. The first-order chi connectivity index (χ1) is 13.4. The zero-order valence-corrected chi connectivity index (χ0v) is 16.9. The van der Waals surface area contributed by atoms with E-state index in [1.807, 2.05) is 18.2 Å². The number of hydrogen-bond donors (Lipinski definition) is 1. The molecule has 1 rings (SSSR count). The van der Waals surface area contributed by atoms with Crippen molar-refractivity contribution in [2.24, 2.45) is 15.5 Å². The first kappa shape index (κ1) is 22.6. The van der Waals surface area contributed by atoms with Crippen LogP contribution in [0, 0.1) is 0 Å². The van der Waals surface area contributed by atoms with Gasteiger partial charge < -0.3 is 19.8 Å². The van der Waals surface area contributed by atoms with Crippen molar-refractivity contribution in [3.63, 3.8) is 0 Å². The van der Waals surface area contributed by atoms with Gasteiger partial charge >= 0.3 is 0 Å². The minimum atomic E-state index is -0.411. The van der Waals surface area contributed by atoms with Gasteiger partial charge in [0, 0.05) is 18.2 Å². The summed E-state index contributed by atoms with van der Waals surface area (Å²) in [6.07, 6.45) is 1.05. The first-order valence-electron chi connectivity index (χ1n) is 8.29. The molecule has 10 nitrogen and oxygen atoms in total. The zero-order valence-electron chi connectivity index (χ0n) is 16.9. The molecule has 1 amide bonds. The Morgan fingerprint density at radius 2 is 1.79 bits per heavy atom. The second-order valence-electron chi connectivity index (χ2n) is 5.40. The van der Waals surface area contributed by atoms with E-state index in [2.05, 4.69) is 25.6 Å². The molecule has 0 saturated carbocycles. The summed E-state index contributed by atoms with van der Waals surface area (Å²) >= 11 is 0. The van der Waals surface area contributed by atoms with E-state index in [4.69, 9.17) is 14.5 Å². The number of hydroxylamine groups is 1. The summed E-state index contributed by atoms with van der Waals surface area (Å²) in [6, 6.07) is 7.26. The van der Waals surface area contributed by atoms with Gasteiger partial charge in [0.05, 0.1) is 0 Å². The Bertz CT molecular complexity index is 786. The highest BCUT2D eigenvalue weighted by atomic mass is 16.7. The molecule has 0 radical (unpaired) electrons. The molecule has 0 atom stereocenters. The molecule has 0 saturated heterocycles. The van der Waals surface area contributed by atoms with E-state index in [1.54, 1.807) is 27.0 Å². The smallest absolute Gasteiger partial charge is 0.270 e. The Hall–Kier alpha value is -3.43. The fraction of sp³-hybridized carbons (Fsp3) is 0.389. The van der Waals surface area contributed by atoms with E-state index in [-0.39, 0.29) is 6.61 Å². The van der Waals surface area contributed by atoms with Crippen LogP contribution in [0.4, 0.5) is 5.69 Å². The third kappa shape index (κ3) is 7.06. The van der Waals surface area contributed by atoms with Crippen LogP contribution in [0.2, 0.25) is 0 Å². The minimum Gasteiger partial charge on any atom is -0.399 e. The lowest BCUT2D eigenvalue weighted by Gasteiger charge is -2.09. The van der Waals surface area contributed by atoms with Crippen molar-refractivity contribution in [2.45, 2.75) is 20.5 Å². The number of amides is 1. The van der Waals surface area contributed by atoms with Gasteiger partial charge in [-0.05, 0) is 17.7 Å². The highest BCUT2D eigenvalue weighted by molar-refractivity contribution is 6.66. The molecule has 0 aromatic heterocycles. The maximum Gasteiger partial charge on any atom is 0.270 e. The molecule has 0 aliphatic carbocycles. The van der Waals surface area contributed by atoms with E-state index < -0.39 is 5.91 Å². The molecule has 1 N–H and O–H groups in total. The maximum absolute atomic E-state index is 11.8. The van der Waals surface area contributed by atoms with Gasteiger partial charge in [-0.3, -0.25) is 9.63 Å². The average Bonchev–Trinajstić information content (AvgIpc) is 2.69. The molecule has 0 aliphatic rings. The Kier molecular flexibility index (Phi) is 9.73. The van der Waals surface area contributed by atoms with Crippen LogP contribution >= 0.6 is 0 Å². The maximum atomic E-state index is 11.8. The predicted molar refractivity (Wildman–Crippen MR) is 107 cm³/mol. The summed E-state index contributed by atoms with van der Waals surface area (Å²) in [5, 5.41) is 14.0. The van der Waals surface area contributed by atoms with Crippen LogP contribution in [-0.2, 0) is 30.8 Å². The van der Waals surface area contributed by atoms with Crippen molar-refractivity contribution in [1.82, 2.24) is 0 Å². The summed E-state index contributed by atoms with van der Waals surface area (Å²) in [4.78, 5) is 31.8. The Morgan fingerprint density at radius 3 is 2.43 bits per heavy atom. The van der Waals surface area contributed by atoms with E-state index >= 15 is 0 Å². The van der Waals surface area contributed by atoms with Crippen molar-refractivity contribution in [1.29, 1.82) is 0 Å². The Morgan fingerprint density at radius 1 is 1.11 bits per heavy atom. The molecule has 0 spiro atoms. The number of benzene rings is 1. The highest BCUT2D eigenvalue weighted by Crippen LogP contribution is 2.16. The first-order valence-corrected chi connectivity index (χ1v) is 8.29. The van der Waals surface area contributed by atoms with E-state index in [0.29, 0.717) is 22.8 Å². The van der Waals surface area contributed by atoms with Gasteiger partial charge in [-0.1, -0.05) is 33.7 Å². The number of hydrogen-bond acceptors (Lipinski definition) is 8. The number of oxime groups is 3. The second-order valence-corrected chi connectivity index (χ2v) is 5.40. The Balaban J connectivity index is 2.97. The van der Waals surface area contributed by atoms with Crippen LogP contribution in [0.3, 0.4) is 0 Å². The number of nitrogens with zero attached hydrogens (tertiary/aromatic N) is 4. The van der Waals surface area contributed by atoms with Gasteiger partial charge in [-0.15, -0.1) is 0 Å². The lowest BCUT2D eigenvalue weighted by molar-refractivity contribution is -0.773. The van der Waals surface area contributed by atoms with Gasteiger partial charge in [0.2, 0.25) is 0 Å². The second kappa shape index (κ2) is 12.0. The van der Waals surface area contributed by atoms with E-state index in [0.717, 1.165) is 11.8 Å². The molecule has 1 aromatic rings. The monoisotopic (exact) mass is 392 g/mol. The van der Waals surface area contributed by atoms with Crippen LogP contribution in [0.1, 0.15) is 19.4 Å². The third-order valence-electron chi connectivity index (χ3n) is 3.53. The van der Waals surface area contributed by atoms with Crippen LogP contribution in [0.15, 0.2) is 39.7 Å². The molecule has 0 unspecified atom stereocenters. The topological polar surface area (TPSA) is 106 Å². The van der Waals surface area contributed by atoms with E-state index in [1.165, 1.54) is 26.1 Å². The lowest BCUT2D eigenvalue weighted by Crippen LogP contribution is -2.29. The Labute approximate surface area is 164 Å². The standard InChI is InChI=1S/C18H25N5O5/c1-13(21-26-5)18(22-27-6)14(2)23(3)28-12-15-9-7-8-10-16(15)20-17(24)11-19-25-4/h7-11H,12H2,1-6H3/p+1. The molecule has 10 heteroatoms. The quantitative estimate of drug-likeness (QED) is 0.371. The van der Waals surface area contributed by atoms with Crippen LogP contribution in [-0.4, -0.2) is 62.4 Å². The SMILES string of the molecule is CON=CC(=O)Nc1ccccc1CO[N+](C)=C(C)C(=NOC)C(C)=NOC. The molecule has 28 heavy (non-hydrogen) atoms. The highest BCUT2D eigenvalue weighted by Gasteiger charge is 2.20. The largest absolute Gasteiger partial charge is 0.399 e.